The second kappa shape index (κ2) is 6.32. The Bertz CT molecular complexity index is 613. The topological polar surface area (TPSA) is 55.3 Å². The fourth-order valence-electron chi connectivity index (χ4n) is 2.10. The van der Waals surface area contributed by atoms with Crippen molar-refractivity contribution in [3.63, 3.8) is 0 Å². The van der Waals surface area contributed by atoms with Crippen molar-refractivity contribution in [2.45, 2.75) is 20.3 Å². The summed E-state index contributed by atoms with van der Waals surface area (Å²) in [6, 6.07) is 8.01. The average Bonchev–Trinajstić information content (AvgIpc) is 2.46. The van der Waals surface area contributed by atoms with Crippen molar-refractivity contribution in [1.82, 2.24) is 10.2 Å². The van der Waals surface area contributed by atoms with E-state index < -0.39 is 0 Å². The van der Waals surface area contributed by atoms with Crippen LogP contribution in [0, 0.1) is 6.92 Å². The van der Waals surface area contributed by atoms with Crippen molar-refractivity contribution in [1.29, 1.82) is 0 Å². The number of esters is 1. The summed E-state index contributed by atoms with van der Waals surface area (Å²) in [6.45, 7) is 4.72. The molecule has 0 aliphatic heterocycles. The van der Waals surface area contributed by atoms with Crippen LogP contribution in [0.25, 0.3) is 10.8 Å². The van der Waals surface area contributed by atoms with Gasteiger partial charge < -0.3 is 9.64 Å². The fourth-order valence-corrected chi connectivity index (χ4v) is 2.10. The van der Waals surface area contributed by atoms with Gasteiger partial charge in [-0.2, -0.15) is 5.10 Å². The minimum atomic E-state index is -0.191. The monoisotopic (exact) mass is 273 g/mol. The Labute approximate surface area is 118 Å². The molecule has 2 rings (SSSR count). The molecule has 0 fully saturated rings. The molecule has 0 unspecified atom stereocenters. The molecule has 0 atom stereocenters. The Morgan fingerprint density at radius 1 is 1.25 bits per heavy atom. The Kier molecular flexibility index (Phi) is 4.50. The lowest BCUT2D eigenvalue weighted by Crippen LogP contribution is -2.23. The molecule has 0 amide bonds. The molecule has 5 nitrogen and oxygen atoms in total. The Hall–Kier alpha value is -2.17. The molecule has 0 spiro atoms. The summed E-state index contributed by atoms with van der Waals surface area (Å²) in [5, 5.41) is 10.6. The van der Waals surface area contributed by atoms with E-state index in [0.29, 0.717) is 19.6 Å². The van der Waals surface area contributed by atoms with Crippen LogP contribution in [0.3, 0.4) is 0 Å². The molecule has 0 N–H and O–H groups in total. The predicted octanol–water partition coefficient (Wildman–Crippen LogP) is 2.33. The van der Waals surface area contributed by atoms with Gasteiger partial charge in [-0.15, -0.1) is 5.10 Å². The highest BCUT2D eigenvalue weighted by molar-refractivity contribution is 5.93. The first kappa shape index (κ1) is 14.2. The number of benzene rings is 1. The first-order valence-electron chi connectivity index (χ1n) is 6.72. The van der Waals surface area contributed by atoms with Crippen LogP contribution in [0.2, 0.25) is 0 Å². The summed E-state index contributed by atoms with van der Waals surface area (Å²) in [7, 11) is 1.91. The molecule has 20 heavy (non-hydrogen) atoms. The number of carbonyl (C=O) groups is 1. The lowest BCUT2D eigenvalue weighted by atomic mass is 10.1. The van der Waals surface area contributed by atoms with Crippen molar-refractivity contribution in [2.24, 2.45) is 0 Å². The van der Waals surface area contributed by atoms with Crippen LogP contribution in [-0.4, -0.2) is 36.4 Å². The highest BCUT2D eigenvalue weighted by Crippen LogP contribution is 2.24. The highest BCUT2D eigenvalue weighted by atomic mass is 16.5. The average molecular weight is 273 g/mol. The largest absolute Gasteiger partial charge is 0.466 e. The normalized spacial score (nSPS) is 10.6. The van der Waals surface area contributed by atoms with Crippen LogP contribution in [0.4, 0.5) is 5.82 Å². The number of hydrogen-bond donors (Lipinski definition) is 0. The van der Waals surface area contributed by atoms with Crippen LogP contribution in [0.1, 0.15) is 19.0 Å². The van der Waals surface area contributed by atoms with E-state index in [0.717, 1.165) is 22.3 Å². The third-order valence-electron chi connectivity index (χ3n) is 3.17. The van der Waals surface area contributed by atoms with Gasteiger partial charge in [-0.25, -0.2) is 0 Å². The molecule has 1 aromatic heterocycles. The van der Waals surface area contributed by atoms with Crippen molar-refractivity contribution < 1.29 is 9.53 Å². The summed E-state index contributed by atoms with van der Waals surface area (Å²) >= 11 is 0. The van der Waals surface area contributed by atoms with Gasteiger partial charge in [0.05, 0.1) is 18.7 Å². The quantitative estimate of drug-likeness (QED) is 0.783. The zero-order chi connectivity index (χ0) is 14.5. The van der Waals surface area contributed by atoms with E-state index in [1.54, 1.807) is 6.92 Å². The molecular formula is C15H19N3O2. The summed E-state index contributed by atoms with van der Waals surface area (Å²) in [6.07, 6.45) is 0.341. The van der Waals surface area contributed by atoms with Crippen molar-refractivity contribution in [3.05, 3.63) is 30.0 Å². The molecule has 0 aliphatic rings. The van der Waals surface area contributed by atoms with Crippen molar-refractivity contribution in [3.8, 4) is 0 Å². The molecule has 106 valence electrons. The number of ether oxygens (including phenoxy) is 1. The van der Waals surface area contributed by atoms with E-state index in [-0.39, 0.29) is 5.97 Å². The Balaban J connectivity index is 2.20. The Morgan fingerprint density at radius 3 is 2.65 bits per heavy atom. The molecule has 1 aromatic carbocycles. The van der Waals surface area contributed by atoms with Crippen LogP contribution >= 0.6 is 0 Å². The minimum Gasteiger partial charge on any atom is -0.466 e. The van der Waals surface area contributed by atoms with E-state index in [1.165, 1.54) is 0 Å². The second-order valence-electron chi connectivity index (χ2n) is 4.63. The number of carbonyl (C=O) groups excluding carboxylic acids is 1. The fraction of sp³-hybridized carbons (Fsp3) is 0.400. The number of fused-ring (bicyclic) bond motifs is 1. The molecule has 2 aromatic rings. The van der Waals surface area contributed by atoms with E-state index >= 15 is 0 Å². The van der Waals surface area contributed by atoms with E-state index in [9.17, 15) is 4.79 Å². The maximum Gasteiger partial charge on any atom is 0.307 e. The van der Waals surface area contributed by atoms with Gasteiger partial charge in [0.2, 0.25) is 0 Å². The van der Waals surface area contributed by atoms with Gasteiger partial charge in [-0.3, -0.25) is 4.79 Å². The van der Waals surface area contributed by atoms with E-state index in [1.807, 2.05) is 43.1 Å². The van der Waals surface area contributed by atoms with Gasteiger partial charge in [0.25, 0.3) is 0 Å². The van der Waals surface area contributed by atoms with Gasteiger partial charge in [0.1, 0.15) is 0 Å². The minimum absolute atomic E-state index is 0.191. The van der Waals surface area contributed by atoms with Gasteiger partial charge in [0.15, 0.2) is 5.82 Å². The zero-order valence-corrected chi connectivity index (χ0v) is 12.1. The maximum absolute atomic E-state index is 11.4. The third kappa shape index (κ3) is 3.04. The maximum atomic E-state index is 11.4. The first-order valence-corrected chi connectivity index (χ1v) is 6.72. The lowest BCUT2D eigenvalue weighted by molar-refractivity contribution is -0.142. The van der Waals surface area contributed by atoms with Crippen LogP contribution in [0.5, 0.6) is 0 Å². The molecule has 0 saturated heterocycles. The molecule has 5 heteroatoms. The van der Waals surface area contributed by atoms with Crippen molar-refractivity contribution >= 4 is 22.6 Å². The SMILES string of the molecule is CCOC(=O)CCN(C)c1nnc(C)c2ccccc12. The summed E-state index contributed by atoms with van der Waals surface area (Å²) in [5.41, 5.74) is 0.906. The van der Waals surface area contributed by atoms with E-state index in [4.69, 9.17) is 4.74 Å². The number of aryl methyl sites for hydroxylation is 1. The first-order chi connectivity index (χ1) is 9.63. The molecule has 0 radical (unpaired) electrons. The zero-order valence-electron chi connectivity index (χ0n) is 12.1. The van der Waals surface area contributed by atoms with Gasteiger partial charge >= 0.3 is 5.97 Å². The Morgan fingerprint density at radius 2 is 1.95 bits per heavy atom. The van der Waals surface area contributed by atoms with Gasteiger partial charge in [-0.1, -0.05) is 24.3 Å². The molecular weight excluding hydrogens is 254 g/mol. The van der Waals surface area contributed by atoms with Gasteiger partial charge in [0, 0.05) is 24.4 Å². The highest BCUT2D eigenvalue weighted by Gasteiger charge is 2.12. The van der Waals surface area contributed by atoms with Crippen LogP contribution in [0.15, 0.2) is 24.3 Å². The van der Waals surface area contributed by atoms with Crippen LogP contribution in [-0.2, 0) is 9.53 Å². The number of aromatic nitrogens is 2. The summed E-state index contributed by atoms with van der Waals surface area (Å²) in [5.74, 6) is 0.597. The second-order valence-corrected chi connectivity index (χ2v) is 4.63. The lowest BCUT2D eigenvalue weighted by Gasteiger charge is -2.19. The standard InChI is InChI=1S/C15H19N3O2/c1-4-20-14(19)9-10-18(3)15-13-8-6-5-7-12(13)11(2)16-17-15/h5-8H,4,9-10H2,1-3H3. The number of anilines is 1. The summed E-state index contributed by atoms with van der Waals surface area (Å²) in [4.78, 5) is 13.3. The molecule has 0 saturated carbocycles. The molecule has 1 heterocycles. The van der Waals surface area contributed by atoms with Crippen LogP contribution < -0.4 is 4.90 Å². The third-order valence-corrected chi connectivity index (χ3v) is 3.17. The van der Waals surface area contributed by atoms with Gasteiger partial charge in [-0.05, 0) is 13.8 Å². The number of rotatable bonds is 5. The predicted molar refractivity (Wildman–Crippen MR) is 78.8 cm³/mol. The molecule has 0 bridgehead atoms. The number of hydrogen-bond acceptors (Lipinski definition) is 5. The molecule has 0 aliphatic carbocycles. The smallest absolute Gasteiger partial charge is 0.307 e. The van der Waals surface area contributed by atoms with Crippen molar-refractivity contribution in [2.75, 3.05) is 25.1 Å². The number of nitrogens with zero attached hydrogens (tertiary/aromatic N) is 3. The summed E-state index contributed by atoms with van der Waals surface area (Å²) < 4.78 is 4.93. The van der Waals surface area contributed by atoms with E-state index in [2.05, 4.69) is 10.2 Å².